The van der Waals surface area contributed by atoms with Gasteiger partial charge in [-0.15, -0.1) is 0 Å². The second-order valence-electron chi connectivity index (χ2n) is 4.45. The lowest BCUT2D eigenvalue weighted by Gasteiger charge is -2.21. The maximum atomic E-state index is 11.7. The van der Waals surface area contributed by atoms with Crippen LogP contribution in [-0.2, 0) is 21.7 Å². The highest BCUT2D eigenvalue weighted by Gasteiger charge is 2.33. The van der Waals surface area contributed by atoms with Crippen molar-refractivity contribution >= 4 is 5.97 Å². The van der Waals surface area contributed by atoms with Crippen LogP contribution in [0.15, 0.2) is 35.2 Å². The number of nitrogens with zero attached hydrogens (tertiary/aromatic N) is 2. The zero-order chi connectivity index (χ0) is 15.3. The molecular weight excluding hydrogens is 276 g/mol. The molecule has 0 saturated carbocycles. The molecule has 1 heterocycles. The predicted molar refractivity (Wildman–Crippen MR) is 71.3 cm³/mol. The largest absolute Gasteiger partial charge is 0.485 e. The molecule has 0 aliphatic heterocycles. The van der Waals surface area contributed by atoms with E-state index >= 15 is 0 Å². The maximum absolute atomic E-state index is 11.7. The molecule has 7 heteroatoms. The number of esters is 1. The summed E-state index contributed by atoms with van der Waals surface area (Å²) in [6, 6.07) is 6.48. The second kappa shape index (κ2) is 6.36. The van der Waals surface area contributed by atoms with E-state index in [1.807, 2.05) is 0 Å². The fourth-order valence-corrected chi connectivity index (χ4v) is 1.67. The summed E-state index contributed by atoms with van der Waals surface area (Å²) in [4.78, 5) is 15.5. The highest BCUT2D eigenvalue weighted by Crippen LogP contribution is 2.24. The molecule has 1 unspecified atom stereocenters. The van der Waals surface area contributed by atoms with Crippen molar-refractivity contribution in [1.82, 2.24) is 10.1 Å². The molecule has 21 heavy (non-hydrogen) atoms. The lowest BCUT2D eigenvalue weighted by atomic mass is 9.96. The quantitative estimate of drug-likeness (QED) is 0.804. The van der Waals surface area contributed by atoms with Gasteiger partial charge < -0.3 is 19.1 Å². The average Bonchev–Trinajstić information content (AvgIpc) is 2.99. The zero-order valence-corrected chi connectivity index (χ0v) is 11.8. The van der Waals surface area contributed by atoms with Gasteiger partial charge in [0, 0.05) is 0 Å². The van der Waals surface area contributed by atoms with Gasteiger partial charge in [-0.2, -0.15) is 4.98 Å². The van der Waals surface area contributed by atoms with Gasteiger partial charge in [0.1, 0.15) is 5.75 Å². The third-order valence-electron chi connectivity index (χ3n) is 2.86. The van der Waals surface area contributed by atoms with E-state index < -0.39 is 11.6 Å². The molecule has 0 saturated heterocycles. The first-order valence-electron chi connectivity index (χ1n) is 6.42. The van der Waals surface area contributed by atoms with Crippen LogP contribution in [0.1, 0.15) is 25.2 Å². The summed E-state index contributed by atoms with van der Waals surface area (Å²) < 4.78 is 14.9. The van der Waals surface area contributed by atoms with Crippen LogP contribution >= 0.6 is 0 Å². The van der Waals surface area contributed by atoms with Gasteiger partial charge in [-0.05, 0) is 31.5 Å². The van der Waals surface area contributed by atoms with E-state index in [2.05, 4.69) is 14.7 Å². The third-order valence-corrected chi connectivity index (χ3v) is 2.86. The summed E-state index contributed by atoms with van der Waals surface area (Å²) in [7, 11) is 0. The van der Waals surface area contributed by atoms with E-state index in [0.29, 0.717) is 17.1 Å². The molecule has 0 spiro atoms. The monoisotopic (exact) mass is 292 g/mol. The molecule has 2 rings (SSSR count). The molecule has 0 radical (unpaired) electrons. The predicted octanol–water partition coefficient (Wildman–Crippen LogP) is 1.42. The van der Waals surface area contributed by atoms with Crippen molar-refractivity contribution in [1.29, 1.82) is 0 Å². The van der Waals surface area contributed by atoms with E-state index in [1.165, 1.54) is 13.3 Å². The summed E-state index contributed by atoms with van der Waals surface area (Å²) in [5, 5.41) is 13.8. The minimum absolute atomic E-state index is 0.171. The number of ether oxygens (including phenoxy) is 2. The van der Waals surface area contributed by atoms with Crippen molar-refractivity contribution in [3.63, 3.8) is 0 Å². The van der Waals surface area contributed by atoms with Crippen molar-refractivity contribution < 1.29 is 23.9 Å². The normalized spacial score (nSPS) is 13.5. The van der Waals surface area contributed by atoms with Crippen molar-refractivity contribution in [2.45, 2.75) is 26.1 Å². The van der Waals surface area contributed by atoms with Crippen LogP contribution in [0.2, 0.25) is 0 Å². The standard InChI is InChI=1S/C14H16N2O5/c1-3-19-13(17)14(2,18)10-4-6-11(7-5-10)20-8-12-15-9-21-16-12/h4-7,9,18H,3,8H2,1-2H3. The summed E-state index contributed by atoms with van der Waals surface area (Å²) in [6.07, 6.45) is 1.22. The van der Waals surface area contributed by atoms with E-state index in [9.17, 15) is 9.90 Å². The SMILES string of the molecule is CCOC(=O)C(C)(O)c1ccc(OCc2ncon2)cc1. The molecule has 7 nitrogen and oxygen atoms in total. The Morgan fingerprint density at radius 1 is 1.38 bits per heavy atom. The van der Waals surface area contributed by atoms with Gasteiger partial charge in [0.05, 0.1) is 6.61 Å². The lowest BCUT2D eigenvalue weighted by molar-refractivity contribution is -0.164. The first-order chi connectivity index (χ1) is 10.0. The van der Waals surface area contributed by atoms with E-state index in [-0.39, 0.29) is 13.2 Å². The Bertz CT molecular complexity index is 578. The van der Waals surface area contributed by atoms with Crippen LogP contribution in [0.3, 0.4) is 0 Å². The van der Waals surface area contributed by atoms with Gasteiger partial charge in [-0.1, -0.05) is 17.3 Å². The molecule has 0 amide bonds. The fraction of sp³-hybridized carbons (Fsp3) is 0.357. The smallest absolute Gasteiger partial charge is 0.342 e. The number of carbonyl (C=O) groups is 1. The Morgan fingerprint density at radius 3 is 2.67 bits per heavy atom. The van der Waals surface area contributed by atoms with Crippen LogP contribution in [0.4, 0.5) is 0 Å². The van der Waals surface area contributed by atoms with Gasteiger partial charge in [0.25, 0.3) is 0 Å². The number of hydrogen-bond donors (Lipinski definition) is 1. The molecular formula is C14H16N2O5. The van der Waals surface area contributed by atoms with Crippen LogP contribution in [0, 0.1) is 0 Å². The lowest BCUT2D eigenvalue weighted by Crippen LogP contribution is -2.34. The molecule has 112 valence electrons. The molecule has 1 aromatic carbocycles. The van der Waals surface area contributed by atoms with E-state index in [0.717, 1.165) is 0 Å². The molecule has 0 aliphatic carbocycles. The molecule has 1 aromatic heterocycles. The highest BCUT2D eigenvalue weighted by molar-refractivity contribution is 5.80. The van der Waals surface area contributed by atoms with E-state index in [4.69, 9.17) is 9.47 Å². The Labute approximate surface area is 121 Å². The van der Waals surface area contributed by atoms with Crippen LogP contribution in [-0.4, -0.2) is 27.8 Å². The topological polar surface area (TPSA) is 94.7 Å². The van der Waals surface area contributed by atoms with Crippen molar-refractivity contribution in [3.05, 3.63) is 42.0 Å². The third kappa shape index (κ3) is 3.57. The Kier molecular flexibility index (Phi) is 4.54. The minimum Gasteiger partial charge on any atom is -0.485 e. The average molecular weight is 292 g/mol. The first kappa shape index (κ1) is 15.0. The molecule has 2 aromatic rings. The maximum Gasteiger partial charge on any atom is 0.342 e. The second-order valence-corrected chi connectivity index (χ2v) is 4.45. The number of benzene rings is 1. The molecule has 1 atom stereocenters. The number of aliphatic hydroxyl groups is 1. The summed E-state index contributed by atoms with van der Waals surface area (Å²) in [6.45, 7) is 3.45. The summed E-state index contributed by atoms with van der Waals surface area (Å²) >= 11 is 0. The molecule has 0 fully saturated rings. The summed E-state index contributed by atoms with van der Waals surface area (Å²) in [5.41, 5.74) is -1.27. The number of hydrogen-bond acceptors (Lipinski definition) is 7. The highest BCUT2D eigenvalue weighted by atomic mass is 16.5. The van der Waals surface area contributed by atoms with Crippen LogP contribution < -0.4 is 4.74 Å². The van der Waals surface area contributed by atoms with Gasteiger partial charge in [-0.3, -0.25) is 0 Å². The van der Waals surface area contributed by atoms with Gasteiger partial charge >= 0.3 is 5.97 Å². The number of rotatable bonds is 6. The number of carbonyl (C=O) groups excluding carboxylic acids is 1. The Balaban J connectivity index is 2.02. The number of aromatic nitrogens is 2. The van der Waals surface area contributed by atoms with Crippen molar-refractivity contribution in [3.8, 4) is 5.75 Å². The Hall–Kier alpha value is -2.41. The summed E-state index contributed by atoms with van der Waals surface area (Å²) in [5.74, 6) is 0.297. The minimum atomic E-state index is -1.69. The zero-order valence-electron chi connectivity index (χ0n) is 11.8. The molecule has 0 aliphatic rings. The van der Waals surface area contributed by atoms with Crippen molar-refractivity contribution in [2.24, 2.45) is 0 Å². The fourth-order valence-electron chi connectivity index (χ4n) is 1.67. The van der Waals surface area contributed by atoms with Crippen molar-refractivity contribution in [2.75, 3.05) is 6.61 Å². The van der Waals surface area contributed by atoms with Gasteiger partial charge in [-0.25, -0.2) is 4.79 Å². The Morgan fingerprint density at radius 2 is 2.10 bits per heavy atom. The molecule has 0 bridgehead atoms. The van der Waals surface area contributed by atoms with Crippen LogP contribution in [0.5, 0.6) is 5.75 Å². The van der Waals surface area contributed by atoms with E-state index in [1.54, 1.807) is 31.2 Å². The van der Waals surface area contributed by atoms with Gasteiger partial charge in [0.2, 0.25) is 12.2 Å². The van der Waals surface area contributed by atoms with Crippen LogP contribution in [0.25, 0.3) is 0 Å². The van der Waals surface area contributed by atoms with Gasteiger partial charge in [0.15, 0.2) is 12.2 Å². The first-order valence-corrected chi connectivity index (χ1v) is 6.42. The molecule has 1 N–H and O–H groups in total.